The van der Waals surface area contributed by atoms with Crippen LogP contribution in [-0.4, -0.2) is 6.54 Å². The number of aryl methyl sites for hydroxylation is 2. The van der Waals surface area contributed by atoms with Gasteiger partial charge in [0.05, 0.1) is 11.5 Å². The fourth-order valence-electron chi connectivity index (χ4n) is 1.78. The molecule has 1 rings (SSSR count). The highest BCUT2D eigenvalue weighted by Gasteiger charge is 2.18. The molecule has 17 heavy (non-hydrogen) atoms. The molecule has 1 unspecified atom stereocenters. The van der Waals surface area contributed by atoms with E-state index in [9.17, 15) is 0 Å². The largest absolute Gasteiger partial charge is 0.309 e. The van der Waals surface area contributed by atoms with E-state index in [0.29, 0.717) is 6.54 Å². The van der Waals surface area contributed by atoms with Gasteiger partial charge in [-0.3, -0.25) is 0 Å². The minimum Gasteiger partial charge on any atom is -0.309 e. The molecule has 1 aromatic rings. The molecular formula is C15H22N2. The van der Waals surface area contributed by atoms with Gasteiger partial charge in [0, 0.05) is 12.6 Å². The summed E-state index contributed by atoms with van der Waals surface area (Å²) in [6.45, 7) is 11.0. The Balaban J connectivity index is 2.74. The lowest BCUT2D eigenvalue weighted by Gasteiger charge is -2.22. The summed E-state index contributed by atoms with van der Waals surface area (Å²) in [5.74, 6) is 0. The minimum absolute atomic E-state index is 0.280. The van der Waals surface area contributed by atoms with Gasteiger partial charge in [0.25, 0.3) is 0 Å². The third kappa shape index (κ3) is 3.87. The third-order valence-corrected chi connectivity index (χ3v) is 3.05. The van der Waals surface area contributed by atoms with Gasteiger partial charge in [0.1, 0.15) is 0 Å². The minimum atomic E-state index is -0.314. The van der Waals surface area contributed by atoms with Gasteiger partial charge in [-0.05, 0) is 45.7 Å². The van der Waals surface area contributed by atoms with Crippen LogP contribution in [0.4, 0.5) is 0 Å². The molecule has 0 amide bonds. The molecule has 0 radical (unpaired) electrons. The van der Waals surface area contributed by atoms with Crippen molar-refractivity contribution < 1.29 is 0 Å². The predicted octanol–water partition coefficient (Wildman–Crippen LogP) is 3.50. The van der Waals surface area contributed by atoms with Crippen molar-refractivity contribution in [1.29, 1.82) is 5.26 Å². The lowest BCUT2D eigenvalue weighted by molar-refractivity contribution is 0.414. The summed E-state index contributed by atoms with van der Waals surface area (Å²) in [4.78, 5) is 0. The van der Waals surface area contributed by atoms with Gasteiger partial charge in [-0.1, -0.05) is 23.8 Å². The Morgan fingerprint density at radius 2 is 2.00 bits per heavy atom. The molecule has 2 nitrogen and oxygen atoms in total. The Morgan fingerprint density at radius 1 is 1.35 bits per heavy atom. The van der Waals surface area contributed by atoms with Crippen molar-refractivity contribution in [3.05, 3.63) is 34.9 Å². The van der Waals surface area contributed by atoms with Crippen molar-refractivity contribution in [2.24, 2.45) is 5.41 Å². The van der Waals surface area contributed by atoms with Gasteiger partial charge in [-0.25, -0.2) is 0 Å². The van der Waals surface area contributed by atoms with Crippen LogP contribution in [0, 0.1) is 30.6 Å². The topological polar surface area (TPSA) is 35.8 Å². The number of nitriles is 1. The second-order valence-corrected chi connectivity index (χ2v) is 5.46. The molecule has 0 heterocycles. The average molecular weight is 230 g/mol. The van der Waals surface area contributed by atoms with Crippen LogP contribution in [0.1, 0.15) is 43.5 Å². The first-order valence-electron chi connectivity index (χ1n) is 6.07. The van der Waals surface area contributed by atoms with E-state index in [-0.39, 0.29) is 11.5 Å². The Kier molecular flexibility index (Phi) is 4.31. The molecule has 1 N–H and O–H groups in total. The van der Waals surface area contributed by atoms with E-state index in [4.69, 9.17) is 5.26 Å². The summed E-state index contributed by atoms with van der Waals surface area (Å²) >= 11 is 0. The van der Waals surface area contributed by atoms with Gasteiger partial charge < -0.3 is 5.32 Å². The van der Waals surface area contributed by atoms with E-state index in [0.717, 1.165) is 0 Å². The molecule has 1 aromatic carbocycles. The zero-order chi connectivity index (χ0) is 13.1. The maximum Gasteiger partial charge on any atom is 0.0697 e. The number of rotatable bonds is 4. The van der Waals surface area contributed by atoms with Crippen LogP contribution in [0.5, 0.6) is 0 Å². The van der Waals surface area contributed by atoms with Gasteiger partial charge in [0.15, 0.2) is 0 Å². The number of nitrogens with zero attached hydrogens (tertiary/aromatic N) is 1. The number of benzene rings is 1. The van der Waals surface area contributed by atoms with Crippen LogP contribution in [-0.2, 0) is 0 Å². The molecule has 0 spiro atoms. The average Bonchev–Trinajstić information content (AvgIpc) is 2.29. The van der Waals surface area contributed by atoms with Crippen molar-refractivity contribution in [3.8, 4) is 6.07 Å². The molecule has 0 aliphatic heterocycles. The van der Waals surface area contributed by atoms with E-state index in [1.54, 1.807) is 0 Å². The maximum absolute atomic E-state index is 8.99. The van der Waals surface area contributed by atoms with Gasteiger partial charge >= 0.3 is 0 Å². The van der Waals surface area contributed by atoms with E-state index in [1.807, 2.05) is 13.8 Å². The fourth-order valence-corrected chi connectivity index (χ4v) is 1.78. The second kappa shape index (κ2) is 5.33. The second-order valence-electron chi connectivity index (χ2n) is 5.46. The first kappa shape index (κ1) is 13.7. The van der Waals surface area contributed by atoms with Crippen LogP contribution in [0.3, 0.4) is 0 Å². The Morgan fingerprint density at radius 3 is 2.59 bits per heavy atom. The summed E-state index contributed by atoms with van der Waals surface area (Å²) in [5.41, 5.74) is 3.58. The lowest BCUT2D eigenvalue weighted by Crippen LogP contribution is -2.30. The quantitative estimate of drug-likeness (QED) is 0.859. The SMILES string of the molecule is Cc1ccc(C)c(C(C)NCC(C)(C)C#N)c1. The maximum atomic E-state index is 8.99. The molecule has 0 bridgehead atoms. The normalized spacial score (nSPS) is 13.2. The van der Waals surface area contributed by atoms with E-state index in [1.165, 1.54) is 16.7 Å². The highest BCUT2D eigenvalue weighted by atomic mass is 14.9. The third-order valence-electron chi connectivity index (χ3n) is 3.05. The van der Waals surface area contributed by atoms with E-state index >= 15 is 0 Å². The summed E-state index contributed by atoms with van der Waals surface area (Å²) in [5, 5.41) is 12.4. The van der Waals surface area contributed by atoms with Crippen LogP contribution < -0.4 is 5.32 Å². The molecule has 2 heteroatoms. The molecule has 1 atom stereocenters. The molecular weight excluding hydrogens is 208 g/mol. The van der Waals surface area contributed by atoms with Crippen molar-refractivity contribution in [2.75, 3.05) is 6.54 Å². The smallest absolute Gasteiger partial charge is 0.0697 e. The zero-order valence-corrected chi connectivity index (χ0v) is 11.5. The standard InChI is InChI=1S/C15H22N2/c1-11-6-7-12(2)14(8-11)13(3)17-10-15(4,5)9-16/h6-8,13,17H,10H2,1-5H3. The monoisotopic (exact) mass is 230 g/mol. The zero-order valence-electron chi connectivity index (χ0n) is 11.5. The first-order valence-corrected chi connectivity index (χ1v) is 6.07. The fraction of sp³-hybridized carbons (Fsp3) is 0.533. The summed E-state index contributed by atoms with van der Waals surface area (Å²) in [7, 11) is 0. The number of hydrogen-bond acceptors (Lipinski definition) is 2. The molecule has 0 aliphatic rings. The van der Waals surface area contributed by atoms with Crippen molar-refractivity contribution >= 4 is 0 Å². The van der Waals surface area contributed by atoms with Crippen molar-refractivity contribution in [3.63, 3.8) is 0 Å². The van der Waals surface area contributed by atoms with Crippen LogP contribution in [0.25, 0.3) is 0 Å². The van der Waals surface area contributed by atoms with E-state index in [2.05, 4.69) is 50.4 Å². The Bertz CT molecular complexity index is 427. The summed E-state index contributed by atoms with van der Waals surface area (Å²) < 4.78 is 0. The van der Waals surface area contributed by atoms with Crippen molar-refractivity contribution in [2.45, 2.75) is 40.7 Å². The Labute approximate surface area is 105 Å². The first-order chi connectivity index (χ1) is 7.85. The molecule has 0 saturated heterocycles. The molecule has 0 saturated carbocycles. The predicted molar refractivity (Wildman–Crippen MR) is 71.7 cm³/mol. The number of hydrogen-bond donors (Lipinski definition) is 1. The van der Waals surface area contributed by atoms with Crippen LogP contribution in [0.15, 0.2) is 18.2 Å². The molecule has 92 valence electrons. The molecule has 0 fully saturated rings. The molecule has 0 aromatic heterocycles. The highest BCUT2D eigenvalue weighted by molar-refractivity contribution is 5.32. The van der Waals surface area contributed by atoms with E-state index < -0.39 is 0 Å². The van der Waals surface area contributed by atoms with Gasteiger partial charge in [0.2, 0.25) is 0 Å². The van der Waals surface area contributed by atoms with Crippen LogP contribution in [0.2, 0.25) is 0 Å². The molecule has 0 aliphatic carbocycles. The highest BCUT2D eigenvalue weighted by Crippen LogP contribution is 2.20. The Hall–Kier alpha value is -1.33. The number of nitrogens with one attached hydrogen (secondary N) is 1. The van der Waals surface area contributed by atoms with Gasteiger partial charge in [-0.2, -0.15) is 5.26 Å². The summed E-state index contributed by atoms with van der Waals surface area (Å²) in [6.07, 6.45) is 0. The van der Waals surface area contributed by atoms with Crippen molar-refractivity contribution in [1.82, 2.24) is 5.32 Å². The lowest BCUT2D eigenvalue weighted by atomic mass is 9.94. The summed E-state index contributed by atoms with van der Waals surface area (Å²) in [6, 6.07) is 9.09. The van der Waals surface area contributed by atoms with Crippen LogP contribution >= 0.6 is 0 Å². The van der Waals surface area contributed by atoms with Gasteiger partial charge in [-0.15, -0.1) is 0 Å².